The van der Waals surface area contributed by atoms with E-state index in [2.05, 4.69) is 10.6 Å². The first kappa shape index (κ1) is 20.6. The Hall–Kier alpha value is -1.74. The van der Waals surface area contributed by atoms with Gasteiger partial charge in [-0.3, -0.25) is 14.5 Å². The van der Waals surface area contributed by atoms with Gasteiger partial charge >= 0.3 is 6.18 Å². The second-order valence-electron chi connectivity index (χ2n) is 6.02. The predicted molar refractivity (Wildman–Crippen MR) is 94.7 cm³/mol. The van der Waals surface area contributed by atoms with Crippen LogP contribution in [0, 0.1) is 0 Å². The molecule has 2 rings (SSSR count). The van der Waals surface area contributed by atoms with Crippen LogP contribution in [-0.4, -0.2) is 54.4 Å². The number of rotatable bonds is 7. The molecule has 1 fully saturated rings. The van der Waals surface area contributed by atoms with E-state index >= 15 is 0 Å². The zero-order valence-corrected chi connectivity index (χ0v) is 15.3. The van der Waals surface area contributed by atoms with Gasteiger partial charge in [0.25, 0.3) is 0 Å². The molecule has 1 unspecified atom stereocenters. The summed E-state index contributed by atoms with van der Waals surface area (Å²) in [5, 5.41) is 5.46. The van der Waals surface area contributed by atoms with Crippen LogP contribution in [0.1, 0.15) is 17.5 Å². The predicted octanol–water partition coefficient (Wildman–Crippen LogP) is 1.88. The van der Waals surface area contributed by atoms with Crippen molar-refractivity contribution < 1.29 is 22.8 Å². The molecule has 1 heterocycles. The normalized spacial score (nSPS) is 18.5. The summed E-state index contributed by atoms with van der Waals surface area (Å²) in [6, 6.07) is 4.36. The van der Waals surface area contributed by atoms with Crippen LogP contribution in [0.4, 0.5) is 13.2 Å². The number of carbonyl (C=O) groups excluding carboxylic acids is 2. The molecule has 0 radical (unpaired) electrons. The molecule has 0 bridgehead atoms. The van der Waals surface area contributed by atoms with E-state index in [1.54, 1.807) is 22.7 Å². The molecule has 26 heavy (non-hydrogen) atoms. The Morgan fingerprint density at radius 2 is 2.19 bits per heavy atom. The SMILES string of the molecule is CSCCNC(=O)CC1C(=O)NCCN1Cc1cccc(C(F)(F)F)c1. The van der Waals surface area contributed by atoms with E-state index in [1.165, 1.54) is 6.07 Å². The highest BCUT2D eigenvalue weighted by Gasteiger charge is 2.33. The number of carbonyl (C=O) groups is 2. The minimum atomic E-state index is -4.41. The van der Waals surface area contributed by atoms with E-state index in [9.17, 15) is 22.8 Å². The summed E-state index contributed by atoms with van der Waals surface area (Å²) in [5.41, 5.74) is -0.259. The maximum absolute atomic E-state index is 12.9. The Morgan fingerprint density at radius 3 is 2.88 bits per heavy atom. The van der Waals surface area contributed by atoms with Gasteiger partial charge in [0, 0.05) is 31.9 Å². The van der Waals surface area contributed by atoms with Crippen LogP contribution in [0.15, 0.2) is 24.3 Å². The van der Waals surface area contributed by atoms with Gasteiger partial charge in [-0.2, -0.15) is 24.9 Å². The number of thioether (sulfide) groups is 1. The second-order valence-corrected chi connectivity index (χ2v) is 7.01. The highest BCUT2D eigenvalue weighted by molar-refractivity contribution is 7.98. The monoisotopic (exact) mass is 389 g/mol. The number of alkyl halides is 3. The number of amides is 2. The molecule has 1 aliphatic heterocycles. The van der Waals surface area contributed by atoms with Gasteiger partial charge in [0.2, 0.25) is 11.8 Å². The molecule has 144 valence electrons. The number of nitrogens with zero attached hydrogens (tertiary/aromatic N) is 1. The van der Waals surface area contributed by atoms with Crippen molar-refractivity contribution in [3.8, 4) is 0 Å². The summed E-state index contributed by atoms with van der Waals surface area (Å²) in [7, 11) is 0. The van der Waals surface area contributed by atoms with Gasteiger partial charge in [0.1, 0.15) is 0 Å². The van der Waals surface area contributed by atoms with Gasteiger partial charge in [-0.1, -0.05) is 18.2 Å². The smallest absolute Gasteiger partial charge is 0.355 e. The molecule has 5 nitrogen and oxygen atoms in total. The van der Waals surface area contributed by atoms with Gasteiger partial charge < -0.3 is 10.6 Å². The lowest BCUT2D eigenvalue weighted by Gasteiger charge is -2.34. The Balaban J connectivity index is 2.05. The van der Waals surface area contributed by atoms with E-state index in [4.69, 9.17) is 0 Å². The van der Waals surface area contributed by atoms with Crippen LogP contribution in [0.3, 0.4) is 0 Å². The highest BCUT2D eigenvalue weighted by Crippen LogP contribution is 2.30. The van der Waals surface area contributed by atoms with Crippen LogP contribution in [0.25, 0.3) is 0 Å². The van der Waals surface area contributed by atoms with Crippen molar-refractivity contribution in [2.45, 2.75) is 25.2 Å². The van der Waals surface area contributed by atoms with Crippen molar-refractivity contribution in [1.82, 2.24) is 15.5 Å². The average molecular weight is 389 g/mol. The Morgan fingerprint density at radius 1 is 1.42 bits per heavy atom. The van der Waals surface area contributed by atoms with Crippen molar-refractivity contribution in [1.29, 1.82) is 0 Å². The molecule has 0 saturated carbocycles. The number of hydrogen-bond donors (Lipinski definition) is 2. The van der Waals surface area contributed by atoms with Crippen molar-refractivity contribution >= 4 is 23.6 Å². The zero-order valence-electron chi connectivity index (χ0n) is 14.4. The molecule has 1 saturated heterocycles. The molecule has 0 aromatic heterocycles. The number of hydrogen-bond acceptors (Lipinski definition) is 4. The summed E-state index contributed by atoms with van der Waals surface area (Å²) < 4.78 is 38.6. The lowest BCUT2D eigenvalue weighted by atomic mass is 10.1. The summed E-state index contributed by atoms with van der Waals surface area (Å²) in [6.45, 7) is 1.58. The van der Waals surface area contributed by atoms with E-state index < -0.39 is 17.8 Å². The maximum Gasteiger partial charge on any atom is 0.416 e. The number of piperazine rings is 1. The standard InChI is InChI=1S/C17H22F3N3O2S/c1-26-8-6-21-15(24)10-14-16(25)22-5-7-23(14)11-12-3-2-4-13(9-12)17(18,19)20/h2-4,9,14H,5-8,10-11H2,1H3,(H,21,24)(H,22,25). The molecular weight excluding hydrogens is 367 g/mol. The van der Waals surface area contributed by atoms with Crippen molar-refractivity contribution in [2.24, 2.45) is 0 Å². The fourth-order valence-corrected chi connectivity index (χ4v) is 3.10. The summed E-state index contributed by atoms with van der Waals surface area (Å²) >= 11 is 1.60. The van der Waals surface area contributed by atoms with Crippen LogP contribution in [0.5, 0.6) is 0 Å². The lowest BCUT2D eigenvalue weighted by Crippen LogP contribution is -2.56. The number of benzene rings is 1. The molecule has 2 amide bonds. The highest BCUT2D eigenvalue weighted by atomic mass is 32.2. The average Bonchev–Trinajstić information content (AvgIpc) is 2.58. The Labute approximate surface area is 154 Å². The molecule has 9 heteroatoms. The third kappa shape index (κ3) is 5.91. The Bertz CT molecular complexity index is 640. The molecule has 1 atom stereocenters. The van der Waals surface area contributed by atoms with Gasteiger partial charge in [-0.15, -0.1) is 0 Å². The van der Waals surface area contributed by atoms with Crippen LogP contribution < -0.4 is 10.6 Å². The first-order valence-electron chi connectivity index (χ1n) is 8.25. The quantitative estimate of drug-likeness (QED) is 0.699. The van der Waals surface area contributed by atoms with Crippen molar-refractivity contribution in [3.63, 3.8) is 0 Å². The summed E-state index contributed by atoms with van der Waals surface area (Å²) in [6.07, 6.45) is -2.50. The van der Waals surface area contributed by atoms with Crippen molar-refractivity contribution in [2.75, 3.05) is 31.6 Å². The maximum atomic E-state index is 12.9. The fraction of sp³-hybridized carbons (Fsp3) is 0.529. The van der Waals surface area contributed by atoms with Crippen LogP contribution >= 0.6 is 11.8 Å². The molecule has 0 aliphatic carbocycles. The zero-order chi connectivity index (χ0) is 19.2. The molecular formula is C17H22F3N3O2S. The van der Waals surface area contributed by atoms with Gasteiger partial charge in [-0.25, -0.2) is 0 Å². The Kier molecular flexibility index (Phi) is 7.33. The van der Waals surface area contributed by atoms with E-state index in [0.717, 1.165) is 17.9 Å². The van der Waals surface area contributed by atoms with Crippen LogP contribution in [-0.2, 0) is 22.3 Å². The minimum Gasteiger partial charge on any atom is -0.355 e. The lowest BCUT2D eigenvalue weighted by molar-refractivity contribution is -0.137. The molecule has 1 aromatic rings. The van der Waals surface area contributed by atoms with Gasteiger partial charge in [0.15, 0.2) is 0 Å². The largest absolute Gasteiger partial charge is 0.416 e. The molecule has 2 N–H and O–H groups in total. The van der Waals surface area contributed by atoms with Gasteiger partial charge in [-0.05, 0) is 17.9 Å². The third-order valence-electron chi connectivity index (χ3n) is 4.09. The first-order chi connectivity index (χ1) is 12.3. The minimum absolute atomic E-state index is 0.0147. The van der Waals surface area contributed by atoms with E-state index in [0.29, 0.717) is 25.2 Å². The molecule has 1 aromatic carbocycles. The van der Waals surface area contributed by atoms with E-state index in [-0.39, 0.29) is 24.8 Å². The topological polar surface area (TPSA) is 61.4 Å². The first-order valence-corrected chi connectivity index (χ1v) is 9.64. The third-order valence-corrected chi connectivity index (χ3v) is 4.70. The summed E-state index contributed by atoms with van der Waals surface area (Å²) in [5.74, 6) is 0.259. The van der Waals surface area contributed by atoms with Crippen LogP contribution in [0.2, 0.25) is 0 Å². The fourth-order valence-electron chi connectivity index (χ4n) is 2.79. The molecule has 0 spiro atoms. The second kappa shape index (κ2) is 9.27. The number of halogens is 3. The summed E-state index contributed by atoms with van der Waals surface area (Å²) in [4.78, 5) is 26.0. The van der Waals surface area contributed by atoms with E-state index in [1.807, 2.05) is 6.26 Å². The van der Waals surface area contributed by atoms with Gasteiger partial charge in [0.05, 0.1) is 18.0 Å². The number of nitrogens with one attached hydrogen (secondary N) is 2. The van der Waals surface area contributed by atoms with Crippen molar-refractivity contribution in [3.05, 3.63) is 35.4 Å². The molecule has 1 aliphatic rings.